The third-order valence-corrected chi connectivity index (χ3v) is 3.21. The lowest BCUT2D eigenvalue weighted by Crippen LogP contribution is -2.06. The summed E-state index contributed by atoms with van der Waals surface area (Å²) in [6.07, 6.45) is 4.24. The van der Waals surface area contributed by atoms with Crippen LogP contribution in [0.15, 0.2) is 48.8 Å². The van der Waals surface area contributed by atoms with E-state index in [-0.39, 0.29) is 0 Å². The SMILES string of the molecule is COc1ccc(CCNc2ccc3nccnc3n2)cc1. The molecular weight excluding hydrogens is 264 g/mol. The van der Waals surface area contributed by atoms with Gasteiger partial charge in [0.25, 0.3) is 0 Å². The average Bonchev–Trinajstić information content (AvgIpc) is 2.55. The van der Waals surface area contributed by atoms with E-state index in [1.165, 1.54) is 5.56 Å². The Labute approximate surface area is 123 Å². The topological polar surface area (TPSA) is 59.9 Å². The van der Waals surface area contributed by atoms with Crippen LogP contribution in [0.3, 0.4) is 0 Å². The number of nitrogens with zero attached hydrogens (tertiary/aromatic N) is 3. The molecule has 2 heterocycles. The van der Waals surface area contributed by atoms with Gasteiger partial charge in [-0.3, -0.25) is 4.98 Å². The van der Waals surface area contributed by atoms with E-state index in [0.29, 0.717) is 5.65 Å². The molecule has 0 unspecified atom stereocenters. The fourth-order valence-electron chi connectivity index (χ4n) is 2.08. The number of pyridine rings is 1. The van der Waals surface area contributed by atoms with Crippen LogP contribution in [0.4, 0.5) is 5.82 Å². The molecule has 3 rings (SSSR count). The Hall–Kier alpha value is -2.69. The number of fused-ring (bicyclic) bond motifs is 1. The van der Waals surface area contributed by atoms with Crippen molar-refractivity contribution in [2.24, 2.45) is 0 Å². The summed E-state index contributed by atoms with van der Waals surface area (Å²) in [6, 6.07) is 11.9. The van der Waals surface area contributed by atoms with Crippen molar-refractivity contribution in [1.82, 2.24) is 15.0 Å². The Morgan fingerprint density at radius 1 is 1.00 bits per heavy atom. The van der Waals surface area contributed by atoms with Gasteiger partial charge in [0.2, 0.25) is 0 Å². The Balaban J connectivity index is 1.60. The number of aromatic nitrogens is 3. The summed E-state index contributed by atoms with van der Waals surface area (Å²) in [6.45, 7) is 0.811. The van der Waals surface area contributed by atoms with Gasteiger partial charge in [-0.05, 0) is 36.2 Å². The first kappa shape index (κ1) is 13.3. The molecule has 5 heteroatoms. The highest BCUT2D eigenvalue weighted by Crippen LogP contribution is 2.13. The third kappa shape index (κ3) is 3.25. The predicted octanol–water partition coefficient (Wildman–Crippen LogP) is 2.69. The molecule has 3 aromatic rings. The molecule has 21 heavy (non-hydrogen) atoms. The van der Waals surface area contributed by atoms with Gasteiger partial charge in [-0.25, -0.2) is 9.97 Å². The molecule has 0 amide bonds. The van der Waals surface area contributed by atoms with Crippen molar-refractivity contribution in [3.8, 4) is 5.75 Å². The highest BCUT2D eigenvalue weighted by Gasteiger charge is 2.00. The summed E-state index contributed by atoms with van der Waals surface area (Å²) >= 11 is 0. The lowest BCUT2D eigenvalue weighted by molar-refractivity contribution is 0.414. The molecule has 1 aromatic carbocycles. The standard InChI is InChI=1S/C16H16N4O/c1-21-13-4-2-12(3-5-13)8-9-18-15-7-6-14-16(20-15)19-11-10-17-14/h2-7,10-11H,8-9H2,1H3,(H,18,19,20). The first-order valence-corrected chi connectivity index (χ1v) is 6.80. The Morgan fingerprint density at radius 2 is 1.81 bits per heavy atom. The molecule has 0 atom stereocenters. The van der Waals surface area contributed by atoms with Gasteiger partial charge in [0.05, 0.1) is 7.11 Å². The zero-order chi connectivity index (χ0) is 14.5. The number of rotatable bonds is 5. The quantitative estimate of drug-likeness (QED) is 0.778. The molecule has 1 N–H and O–H groups in total. The van der Waals surface area contributed by atoms with E-state index in [0.717, 1.165) is 30.0 Å². The van der Waals surface area contributed by atoms with Gasteiger partial charge in [-0.15, -0.1) is 0 Å². The van der Waals surface area contributed by atoms with Crippen molar-refractivity contribution in [2.45, 2.75) is 6.42 Å². The van der Waals surface area contributed by atoms with Crippen LogP contribution in [0.5, 0.6) is 5.75 Å². The highest BCUT2D eigenvalue weighted by atomic mass is 16.5. The minimum atomic E-state index is 0.659. The van der Waals surface area contributed by atoms with Crippen molar-refractivity contribution >= 4 is 17.0 Å². The average molecular weight is 280 g/mol. The highest BCUT2D eigenvalue weighted by molar-refractivity contribution is 5.71. The van der Waals surface area contributed by atoms with E-state index in [4.69, 9.17) is 4.74 Å². The summed E-state index contributed by atoms with van der Waals surface area (Å²) in [5, 5.41) is 3.30. The third-order valence-electron chi connectivity index (χ3n) is 3.21. The van der Waals surface area contributed by atoms with E-state index in [2.05, 4.69) is 32.4 Å². The summed E-state index contributed by atoms with van der Waals surface area (Å²) in [7, 11) is 1.67. The normalized spacial score (nSPS) is 10.5. The second-order valence-electron chi connectivity index (χ2n) is 4.62. The second-order valence-corrected chi connectivity index (χ2v) is 4.62. The van der Waals surface area contributed by atoms with E-state index in [1.807, 2.05) is 24.3 Å². The van der Waals surface area contributed by atoms with Crippen molar-refractivity contribution in [1.29, 1.82) is 0 Å². The molecule has 0 bridgehead atoms. The molecule has 0 radical (unpaired) electrons. The smallest absolute Gasteiger partial charge is 0.180 e. The largest absolute Gasteiger partial charge is 0.497 e. The van der Waals surface area contributed by atoms with Crippen LogP contribution in [-0.4, -0.2) is 28.6 Å². The maximum atomic E-state index is 5.15. The molecule has 2 aromatic heterocycles. The second kappa shape index (κ2) is 6.17. The summed E-state index contributed by atoms with van der Waals surface area (Å²) in [5.74, 6) is 1.69. The zero-order valence-electron chi connectivity index (χ0n) is 11.8. The van der Waals surface area contributed by atoms with E-state index >= 15 is 0 Å². The number of hydrogen-bond donors (Lipinski definition) is 1. The number of hydrogen-bond acceptors (Lipinski definition) is 5. The minimum Gasteiger partial charge on any atom is -0.497 e. The first-order chi connectivity index (χ1) is 10.3. The molecule has 0 saturated carbocycles. The summed E-state index contributed by atoms with van der Waals surface area (Å²) in [5.41, 5.74) is 2.72. The van der Waals surface area contributed by atoms with Gasteiger partial charge in [0.1, 0.15) is 17.1 Å². The van der Waals surface area contributed by atoms with Crippen LogP contribution in [0.1, 0.15) is 5.56 Å². The van der Waals surface area contributed by atoms with Crippen molar-refractivity contribution in [3.05, 3.63) is 54.4 Å². The number of ether oxygens (including phenoxy) is 1. The fourth-order valence-corrected chi connectivity index (χ4v) is 2.08. The maximum absolute atomic E-state index is 5.15. The van der Waals surface area contributed by atoms with Gasteiger partial charge in [-0.1, -0.05) is 12.1 Å². The number of methoxy groups -OCH3 is 1. The first-order valence-electron chi connectivity index (χ1n) is 6.80. The van der Waals surface area contributed by atoms with E-state index in [9.17, 15) is 0 Å². The summed E-state index contributed by atoms with van der Waals surface area (Å²) in [4.78, 5) is 12.8. The van der Waals surface area contributed by atoms with Crippen LogP contribution in [0.25, 0.3) is 11.2 Å². The molecule has 0 spiro atoms. The van der Waals surface area contributed by atoms with Crippen LogP contribution < -0.4 is 10.1 Å². The van der Waals surface area contributed by atoms with Crippen LogP contribution in [-0.2, 0) is 6.42 Å². The summed E-state index contributed by atoms with van der Waals surface area (Å²) < 4.78 is 5.15. The molecule has 0 aliphatic heterocycles. The van der Waals surface area contributed by atoms with Crippen molar-refractivity contribution in [2.75, 3.05) is 19.0 Å². The van der Waals surface area contributed by atoms with Gasteiger partial charge in [-0.2, -0.15) is 0 Å². The van der Waals surface area contributed by atoms with E-state index in [1.54, 1.807) is 19.5 Å². The van der Waals surface area contributed by atoms with Crippen molar-refractivity contribution in [3.63, 3.8) is 0 Å². The maximum Gasteiger partial charge on any atom is 0.180 e. The molecule has 0 saturated heterocycles. The van der Waals surface area contributed by atoms with Gasteiger partial charge in [0, 0.05) is 18.9 Å². The predicted molar refractivity (Wildman–Crippen MR) is 82.5 cm³/mol. The molecule has 0 aliphatic carbocycles. The minimum absolute atomic E-state index is 0.659. The Kier molecular flexibility index (Phi) is 3.91. The van der Waals surface area contributed by atoms with E-state index < -0.39 is 0 Å². The van der Waals surface area contributed by atoms with Gasteiger partial charge >= 0.3 is 0 Å². The lowest BCUT2D eigenvalue weighted by atomic mass is 10.1. The fraction of sp³-hybridized carbons (Fsp3) is 0.188. The van der Waals surface area contributed by atoms with Crippen LogP contribution in [0, 0.1) is 0 Å². The Morgan fingerprint density at radius 3 is 2.62 bits per heavy atom. The molecule has 0 aliphatic rings. The number of anilines is 1. The van der Waals surface area contributed by atoms with Crippen LogP contribution in [0.2, 0.25) is 0 Å². The van der Waals surface area contributed by atoms with Crippen molar-refractivity contribution < 1.29 is 4.74 Å². The molecule has 106 valence electrons. The number of nitrogens with one attached hydrogen (secondary N) is 1. The van der Waals surface area contributed by atoms with Gasteiger partial charge in [0.15, 0.2) is 5.65 Å². The monoisotopic (exact) mass is 280 g/mol. The lowest BCUT2D eigenvalue weighted by Gasteiger charge is -2.07. The Bertz CT molecular complexity index is 728. The number of benzene rings is 1. The zero-order valence-corrected chi connectivity index (χ0v) is 11.8. The van der Waals surface area contributed by atoms with Crippen LogP contribution >= 0.6 is 0 Å². The molecule has 5 nitrogen and oxygen atoms in total. The molecule has 0 fully saturated rings. The molecular formula is C16H16N4O. The van der Waals surface area contributed by atoms with Gasteiger partial charge < -0.3 is 10.1 Å².